The normalized spacial score (nSPS) is 23.4. The third-order valence-electron chi connectivity index (χ3n) is 6.06. The van der Waals surface area contributed by atoms with Crippen LogP contribution in [0.2, 0.25) is 5.02 Å². The number of allylic oxidation sites excluding steroid dienone is 1. The molecule has 8 heteroatoms. The van der Waals surface area contributed by atoms with Gasteiger partial charge in [-0.25, -0.2) is 9.79 Å². The van der Waals surface area contributed by atoms with Crippen molar-refractivity contribution in [3.8, 4) is 0 Å². The number of halogens is 1. The van der Waals surface area contributed by atoms with Gasteiger partial charge in [-0.2, -0.15) is 0 Å². The number of piperidine rings is 1. The van der Waals surface area contributed by atoms with E-state index in [0.29, 0.717) is 16.3 Å². The van der Waals surface area contributed by atoms with E-state index in [4.69, 9.17) is 16.3 Å². The summed E-state index contributed by atoms with van der Waals surface area (Å²) in [6.45, 7) is 4.71. The van der Waals surface area contributed by atoms with Crippen molar-refractivity contribution in [3.63, 3.8) is 0 Å². The number of fused-ring (bicyclic) bond motifs is 1. The van der Waals surface area contributed by atoms with E-state index in [1.165, 1.54) is 18.9 Å². The Kier molecular flexibility index (Phi) is 6.44. The molecule has 1 aromatic carbocycles. The fourth-order valence-corrected chi connectivity index (χ4v) is 5.66. The van der Waals surface area contributed by atoms with E-state index in [1.54, 1.807) is 13.0 Å². The maximum absolute atomic E-state index is 13.2. The Morgan fingerprint density at radius 3 is 2.77 bits per heavy atom. The van der Waals surface area contributed by atoms with Crippen LogP contribution in [0.1, 0.15) is 51.1 Å². The van der Waals surface area contributed by atoms with Crippen molar-refractivity contribution in [2.75, 3.05) is 13.7 Å². The van der Waals surface area contributed by atoms with Crippen LogP contribution in [0.25, 0.3) is 0 Å². The number of esters is 1. The predicted molar refractivity (Wildman–Crippen MR) is 124 cm³/mol. The molecule has 3 aliphatic heterocycles. The molecule has 0 spiro atoms. The Morgan fingerprint density at radius 2 is 2.06 bits per heavy atom. The molecule has 0 N–H and O–H groups in total. The van der Waals surface area contributed by atoms with Gasteiger partial charge in [0.05, 0.1) is 30.8 Å². The number of likely N-dealkylation sites (tertiary alicyclic amines) is 1. The van der Waals surface area contributed by atoms with E-state index in [0.717, 1.165) is 42.2 Å². The lowest BCUT2D eigenvalue weighted by molar-refractivity contribution is -0.136. The molecule has 3 heterocycles. The smallest absolute Gasteiger partial charge is 0.338 e. The molecule has 0 bridgehead atoms. The van der Waals surface area contributed by atoms with E-state index < -0.39 is 12.0 Å². The van der Waals surface area contributed by atoms with Crippen molar-refractivity contribution >= 4 is 40.4 Å². The van der Waals surface area contributed by atoms with Crippen LogP contribution in [0.15, 0.2) is 51.6 Å². The van der Waals surface area contributed by atoms with Gasteiger partial charge in [-0.15, -0.1) is 0 Å². The van der Waals surface area contributed by atoms with Crippen LogP contribution in [-0.4, -0.2) is 46.5 Å². The lowest BCUT2D eigenvalue weighted by atomic mass is 9.93. The standard InChI is InChI=1S/C23H26ClN3O3S/c1-14-8-6-7-11-26(14)19(28)12-16-13-31-23-25-15(2)20(22(29)30-3)21(27(16)23)17-9-4-5-10-18(17)24/h4-5,9-10,13-14,21H,6-8,11-12H2,1-3H3/t14-,21-/m1/s1. The molecule has 1 aromatic rings. The molecule has 4 rings (SSSR count). The zero-order chi connectivity index (χ0) is 22.1. The van der Waals surface area contributed by atoms with Gasteiger partial charge in [0.25, 0.3) is 0 Å². The van der Waals surface area contributed by atoms with Crippen LogP contribution in [0.5, 0.6) is 0 Å². The van der Waals surface area contributed by atoms with Crippen LogP contribution >= 0.6 is 23.4 Å². The fourth-order valence-electron chi connectivity index (χ4n) is 4.46. The topological polar surface area (TPSA) is 62.2 Å². The summed E-state index contributed by atoms with van der Waals surface area (Å²) >= 11 is 8.03. The first-order valence-electron chi connectivity index (χ1n) is 10.5. The van der Waals surface area contributed by atoms with Crippen LogP contribution in [0.4, 0.5) is 0 Å². The summed E-state index contributed by atoms with van der Waals surface area (Å²) in [5.74, 6) is -0.346. The Labute approximate surface area is 192 Å². The Balaban J connectivity index is 1.71. The van der Waals surface area contributed by atoms with Crippen LogP contribution in [0, 0.1) is 0 Å². The van der Waals surface area contributed by atoms with Crippen molar-refractivity contribution < 1.29 is 14.3 Å². The van der Waals surface area contributed by atoms with Crippen molar-refractivity contribution in [2.45, 2.75) is 51.6 Å². The average Bonchev–Trinajstić information content (AvgIpc) is 3.15. The number of carbonyl (C=O) groups excluding carboxylic acids is 2. The number of amidine groups is 1. The highest BCUT2D eigenvalue weighted by Crippen LogP contribution is 2.46. The SMILES string of the molecule is COC(=O)C1=C(C)N=C2SC=C(CC(=O)N3CCCC[C@H]3C)N2[C@@H]1c1ccccc1Cl. The number of thioether (sulfide) groups is 1. The molecule has 6 nitrogen and oxygen atoms in total. The number of ether oxygens (including phenoxy) is 1. The van der Waals surface area contributed by atoms with Gasteiger partial charge >= 0.3 is 5.97 Å². The van der Waals surface area contributed by atoms with Crippen LogP contribution in [0.3, 0.4) is 0 Å². The first kappa shape index (κ1) is 22.0. The van der Waals surface area contributed by atoms with Crippen molar-refractivity contribution in [1.82, 2.24) is 9.80 Å². The molecule has 0 unspecified atom stereocenters. The lowest BCUT2D eigenvalue weighted by Crippen LogP contribution is -2.43. The molecule has 3 aliphatic rings. The minimum Gasteiger partial charge on any atom is -0.466 e. The van der Waals surface area contributed by atoms with E-state index in [1.807, 2.05) is 33.4 Å². The van der Waals surface area contributed by atoms with E-state index in [-0.39, 0.29) is 18.4 Å². The molecule has 1 saturated heterocycles. The Bertz CT molecular complexity index is 1000. The second kappa shape index (κ2) is 9.09. The summed E-state index contributed by atoms with van der Waals surface area (Å²) in [5.41, 5.74) is 2.64. The minimum atomic E-state index is -0.499. The van der Waals surface area contributed by atoms with Crippen molar-refractivity contribution in [3.05, 3.63) is 57.2 Å². The van der Waals surface area contributed by atoms with Gasteiger partial charge in [-0.05, 0) is 50.1 Å². The largest absolute Gasteiger partial charge is 0.466 e. The number of hydrogen-bond acceptors (Lipinski definition) is 6. The van der Waals surface area contributed by atoms with Gasteiger partial charge in [0.1, 0.15) is 0 Å². The number of nitrogens with zero attached hydrogens (tertiary/aromatic N) is 3. The molecular weight excluding hydrogens is 434 g/mol. The highest BCUT2D eigenvalue weighted by Gasteiger charge is 2.42. The van der Waals surface area contributed by atoms with Gasteiger partial charge < -0.3 is 14.5 Å². The molecule has 0 aliphatic carbocycles. The third-order valence-corrected chi connectivity index (χ3v) is 7.29. The molecule has 0 aromatic heterocycles. The number of amides is 1. The van der Waals surface area contributed by atoms with Gasteiger partial charge in [0, 0.05) is 23.3 Å². The van der Waals surface area contributed by atoms with Gasteiger partial charge in [-0.3, -0.25) is 4.79 Å². The van der Waals surface area contributed by atoms with E-state index in [9.17, 15) is 9.59 Å². The third kappa shape index (κ3) is 4.13. The summed E-state index contributed by atoms with van der Waals surface area (Å²) in [6.07, 6.45) is 3.49. The number of carbonyl (C=O) groups is 2. The molecule has 0 saturated carbocycles. The summed E-state index contributed by atoms with van der Waals surface area (Å²) in [4.78, 5) is 34.5. The first-order chi connectivity index (χ1) is 14.9. The Morgan fingerprint density at radius 1 is 1.29 bits per heavy atom. The maximum atomic E-state index is 13.2. The molecule has 164 valence electrons. The summed E-state index contributed by atoms with van der Waals surface area (Å²) in [6, 6.07) is 7.21. The zero-order valence-electron chi connectivity index (χ0n) is 17.9. The second-order valence-corrected chi connectivity index (χ2v) is 9.26. The minimum absolute atomic E-state index is 0.101. The number of methoxy groups -OCH3 is 1. The molecule has 31 heavy (non-hydrogen) atoms. The van der Waals surface area contributed by atoms with E-state index >= 15 is 0 Å². The molecule has 1 amide bonds. The first-order valence-corrected chi connectivity index (χ1v) is 11.7. The van der Waals surface area contributed by atoms with Gasteiger partial charge in [0.2, 0.25) is 5.91 Å². The number of aliphatic imine (C=N–C) groups is 1. The van der Waals surface area contributed by atoms with Crippen molar-refractivity contribution in [2.24, 2.45) is 4.99 Å². The lowest BCUT2D eigenvalue weighted by Gasteiger charge is -2.38. The van der Waals surface area contributed by atoms with E-state index in [2.05, 4.69) is 11.9 Å². The molecular formula is C23H26ClN3O3S. The van der Waals surface area contributed by atoms with Crippen LogP contribution < -0.4 is 0 Å². The highest BCUT2D eigenvalue weighted by atomic mass is 35.5. The predicted octanol–water partition coefficient (Wildman–Crippen LogP) is 4.88. The van der Waals surface area contributed by atoms with Crippen LogP contribution in [-0.2, 0) is 14.3 Å². The quantitative estimate of drug-likeness (QED) is 0.600. The highest BCUT2D eigenvalue weighted by molar-refractivity contribution is 8.16. The second-order valence-electron chi connectivity index (χ2n) is 8.01. The number of rotatable bonds is 4. The zero-order valence-corrected chi connectivity index (χ0v) is 19.5. The monoisotopic (exact) mass is 459 g/mol. The fraction of sp³-hybridized carbons (Fsp3) is 0.435. The summed E-state index contributed by atoms with van der Waals surface area (Å²) < 4.78 is 5.09. The number of hydrogen-bond donors (Lipinski definition) is 0. The Hall–Kier alpha value is -2.25. The molecule has 0 radical (unpaired) electrons. The maximum Gasteiger partial charge on any atom is 0.338 e. The summed E-state index contributed by atoms with van der Waals surface area (Å²) in [7, 11) is 1.36. The molecule has 1 fully saturated rings. The molecule has 2 atom stereocenters. The summed E-state index contributed by atoms with van der Waals surface area (Å²) in [5, 5.41) is 3.25. The number of benzene rings is 1. The van der Waals surface area contributed by atoms with Gasteiger partial charge in [-0.1, -0.05) is 41.6 Å². The van der Waals surface area contributed by atoms with Crippen molar-refractivity contribution in [1.29, 1.82) is 0 Å². The van der Waals surface area contributed by atoms with Gasteiger partial charge in [0.15, 0.2) is 5.17 Å². The average molecular weight is 460 g/mol.